The lowest BCUT2D eigenvalue weighted by Crippen LogP contribution is -1.99. The number of aryl methyl sites for hydroxylation is 1. The van der Waals surface area contributed by atoms with Crippen molar-refractivity contribution in [3.63, 3.8) is 0 Å². The first-order valence-electron chi connectivity index (χ1n) is 8.90. The molecule has 0 bridgehead atoms. The number of nitriles is 1. The van der Waals surface area contributed by atoms with Gasteiger partial charge >= 0.3 is 0 Å². The van der Waals surface area contributed by atoms with Crippen LogP contribution in [0.15, 0.2) is 54.7 Å². The molecule has 4 nitrogen and oxygen atoms in total. The van der Waals surface area contributed by atoms with Crippen molar-refractivity contribution in [2.24, 2.45) is 5.73 Å². The molecule has 4 heteroatoms. The zero-order valence-corrected chi connectivity index (χ0v) is 14.5. The number of nitrogens with one attached hydrogen (secondary N) is 1. The summed E-state index contributed by atoms with van der Waals surface area (Å²) in [6.45, 7) is 0.693. The van der Waals surface area contributed by atoms with Crippen molar-refractivity contribution in [3.8, 4) is 17.3 Å². The largest absolute Gasteiger partial charge is 0.354 e. The quantitative estimate of drug-likeness (QED) is 0.524. The van der Waals surface area contributed by atoms with Gasteiger partial charge in [-0.2, -0.15) is 5.26 Å². The second kappa shape index (κ2) is 6.99. The Morgan fingerprint density at radius 2 is 1.96 bits per heavy atom. The summed E-state index contributed by atoms with van der Waals surface area (Å²) in [5.41, 5.74) is 11.8. The Labute approximate surface area is 152 Å². The molecule has 26 heavy (non-hydrogen) atoms. The normalized spacial score (nSPS) is 11.1. The van der Waals surface area contributed by atoms with E-state index in [1.807, 2.05) is 42.6 Å². The minimum absolute atomic E-state index is 0.680. The maximum atomic E-state index is 9.26. The molecule has 0 fully saturated rings. The van der Waals surface area contributed by atoms with Crippen LogP contribution in [0.1, 0.15) is 24.0 Å². The molecule has 2 heterocycles. The highest BCUT2D eigenvalue weighted by molar-refractivity contribution is 5.93. The van der Waals surface area contributed by atoms with Gasteiger partial charge in [0.2, 0.25) is 0 Å². The van der Waals surface area contributed by atoms with Gasteiger partial charge in [-0.3, -0.25) is 4.98 Å². The van der Waals surface area contributed by atoms with Crippen LogP contribution < -0.4 is 5.73 Å². The van der Waals surface area contributed by atoms with Crippen LogP contribution in [0.4, 0.5) is 0 Å². The fraction of sp³-hybridized carbons (Fsp3) is 0.182. The molecule has 0 saturated heterocycles. The summed E-state index contributed by atoms with van der Waals surface area (Å²) in [6, 6.07) is 18.3. The summed E-state index contributed by atoms with van der Waals surface area (Å²) in [5.74, 6) is 0. The summed E-state index contributed by atoms with van der Waals surface area (Å²) in [4.78, 5) is 8.15. The fourth-order valence-corrected chi connectivity index (χ4v) is 3.48. The van der Waals surface area contributed by atoms with Crippen molar-refractivity contribution in [1.29, 1.82) is 5.26 Å². The van der Waals surface area contributed by atoms with Crippen LogP contribution in [0.2, 0.25) is 0 Å². The van der Waals surface area contributed by atoms with Crippen LogP contribution >= 0.6 is 0 Å². The molecule has 0 unspecified atom stereocenters. The third-order valence-electron chi connectivity index (χ3n) is 4.80. The molecule has 4 rings (SSSR count). The van der Waals surface area contributed by atoms with Gasteiger partial charge in [0, 0.05) is 28.0 Å². The van der Waals surface area contributed by atoms with Gasteiger partial charge in [-0.15, -0.1) is 0 Å². The third kappa shape index (κ3) is 2.94. The number of nitrogens with zero attached hydrogens (tertiary/aromatic N) is 2. The smallest absolute Gasteiger partial charge is 0.0991 e. The Morgan fingerprint density at radius 1 is 1.08 bits per heavy atom. The van der Waals surface area contributed by atoms with Gasteiger partial charge in [0.15, 0.2) is 0 Å². The highest BCUT2D eigenvalue weighted by Gasteiger charge is 2.14. The predicted molar refractivity (Wildman–Crippen MR) is 106 cm³/mol. The van der Waals surface area contributed by atoms with Crippen molar-refractivity contribution in [1.82, 2.24) is 9.97 Å². The topological polar surface area (TPSA) is 78.5 Å². The van der Waals surface area contributed by atoms with Crippen LogP contribution in [-0.4, -0.2) is 16.5 Å². The second-order valence-electron chi connectivity index (χ2n) is 6.51. The van der Waals surface area contributed by atoms with Crippen LogP contribution in [0, 0.1) is 11.3 Å². The molecule has 2 aromatic carbocycles. The lowest BCUT2D eigenvalue weighted by atomic mass is 9.99. The van der Waals surface area contributed by atoms with E-state index in [0.29, 0.717) is 12.1 Å². The molecule has 0 radical (unpaired) electrons. The number of fused-ring (bicyclic) bond motifs is 2. The summed E-state index contributed by atoms with van der Waals surface area (Å²) in [7, 11) is 0. The van der Waals surface area contributed by atoms with E-state index in [9.17, 15) is 5.26 Å². The molecule has 4 aromatic rings. The Kier molecular flexibility index (Phi) is 4.39. The number of nitrogens with two attached hydrogens (primary N) is 1. The fourth-order valence-electron chi connectivity index (χ4n) is 3.48. The standard InChI is InChI=1S/C22H20N4/c23-10-4-3-6-18-19-11-15(13-24)8-9-21(19)26-22(18)17-12-16-5-1-2-7-20(16)25-14-17/h1-2,5,7-9,11-12,14,26H,3-4,6,10,23H2. The third-order valence-corrected chi connectivity index (χ3v) is 4.80. The highest BCUT2D eigenvalue weighted by atomic mass is 14.7. The monoisotopic (exact) mass is 340 g/mol. The number of aromatic nitrogens is 2. The van der Waals surface area contributed by atoms with Crippen molar-refractivity contribution >= 4 is 21.8 Å². The van der Waals surface area contributed by atoms with Gasteiger partial charge < -0.3 is 10.7 Å². The van der Waals surface area contributed by atoms with Gasteiger partial charge in [-0.1, -0.05) is 18.2 Å². The number of para-hydroxylation sites is 1. The summed E-state index contributed by atoms with van der Waals surface area (Å²) in [5, 5.41) is 11.5. The van der Waals surface area contributed by atoms with E-state index in [-0.39, 0.29) is 0 Å². The van der Waals surface area contributed by atoms with Crippen molar-refractivity contribution in [2.45, 2.75) is 19.3 Å². The first-order chi connectivity index (χ1) is 12.8. The van der Waals surface area contributed by atoms with Gasteiger partial charge in [-0.05, 0) is 61.7 Å². The summed E-state index contributed by atoms with van der Waals surface area (Å²) >= 11 is 0. The van der Waals surface area contributed by atoms with E-state index < -0.39 is 0 Å². The maximum Gasteiger partial charge on any atom is 0.0991 e. The molecule has 128 valence electrons. The lowest BCUT2D eigenvalue weighted by Gasteiger charge is -2.06. The van der Waals surface area contributed by atoms with E-state index >= 15 is 0 Å². The molecule has 0 spiro atoms. The first kappa shape index (κ1) is 16.3. The number of hydrogen-bond acceptors (Lipinski definition) is 3. The van der Waals surface area contributed by atoms with Crippen LogP contribution in [0.3, 0.4) is 0 Å². The minimum atomic E-state index is 0.680. The van der Waals surface area contributed by atoms with Gasteiger partial charge in [-0.25, -0.2) is 0 Å². The number of aromatic amines is 1. The number of hydrogen-bond donors (Lipinski definition) is 2. The van der Waals surface area contributed by atoms with Crippen LogP contribution in [-0.2, 0) is 6.42 Å². The van der Waals surface area contributed by atoms with E-state index in [0.717, 1.165) is 52.3 Å². The van der Waals surface area contributed by atoms with Gasteiger partial charge in [0.25, 0.3) is 0 Å². The molecular formula is C22H20N4. The van der Waals surface area contributed by atoms with E-state index in [4.69, 9.17) is 5.73 Å². The van der Waals surface area contributed by atoms with Gasteiger partial charge in [0.1, 0.15) is 0 Å². The molecular weight excluding hydrogens is 320 g/mol. The molecule has 0 saturated carbocycles. The van der Waals surface area contributed by atoms with Gasteiger partial charge in [0.05, 0.1) is 22.8 Å². The average Bonchev–Trinajstić information content (AvgIpc) is 3.05. The average molecular weight is 340 g/mol. The molecule has 0 amide bonds. The van der Waals surface area contributed by atoms with Crippen LogP contribution in [0.25, 0.3) is 33.1 Å². The summed E-state index contributed by atoms with van der Waals surface area (Å²) < 4.78 is 0. The zero-order valence-electron chi connectivity index (χ0n) is 14.5. The minimum Gasteiger partial charge on any atom is -0.354 e. The highest BCUT2D eigenvalue weighted by Crippen LogP contribution is 2.33. The summed E-state index contributed by atoms with van der Waals surface area (Å²) in [6.07, 6.45) is 4.85. The number of rotatable bonds is 5. The molecule has 0 aliphatic heterocycles. The van der Waals surface area contributed by atoms with E-state index in [1.165, 1.54) is 5.56 Å². The Morgan fingerprint density at radius 3 is 2.81 bits per heavy atom. The first-order valence-corrected chi connectivity index (χ1v) is 8.90. The Bertz CT molecular complexity index is 1120. The molecule has 3 N–H and O–H groups in total. The molecule has 0 aliphatic carbocycles. The molecule has 2 aromatic heterocycles. The van der Waals surface area contributed by atoms with Crippen molar-refractivity contribution in [2.75, 3.05) is 6.54 Å². The van der Waals surface area contributed by atoms with Crippen LogP contribution in [0.5, 0.6) is 0 Å². The number of benzene rings is 2. The Balaban J connectivity index is 1.88. The predicted octanol–water partition coefficient (Wildman–Crippen LogP) is 4.54. The SMILES string of the molecule is N#Cc1ccc2[nH]c(-c3cnc4ccccc4c3)c(CCCCN)c2c1. The number of pyridine rings is 1. The molecule has 0 atom stereocenters. The lowest BCUT2D eigenvalue weighted by molar-refractivity contribution is 0.748. The second-order valence-corrected chi connectivity index (χ2v) is 6.51. The van der Waals surface area contributed by atoms with E-state index in [1.54, 1.807) is 0 Å². The maximum absolute atomic E-state index is 9.26. The molecule has 0 aliphatic rings. The number of H-pyrrole nitrogens is 1. The van der Waals surface area contributed by atoms with E-state index in [2.05, 4.69) is 28.2 Å². The van der Waals surface area contributed by atoms with Crippen molar-refractivity contribution in [3.05, 3.63) is 65.9 Å². The number of unbranched alkanes of at least 4 members (excludes halogenated alkanes) is 1. The van der Waals surface area contributed by atoms with Crippen molar-refractivity contribution < 1.29 is 0 Å². The Hall–Kier alpha value is -3.16. The zero-order chi connectivity index (χ0) is 17.9.